The first-order valence-corrected chi connectivity index (χ1v) is 9.09. The number of benzene rings is 1. The normalized spacial score (nSPS) is 13.9. The zero-order valence-corrected chi connectivity index (χ0v) is 16.2. The van der Waals surface area contributed by atoms with Crippen molar-refractivity contribution in [3.63, 3.8) is 0 Å². The molecular weight excluding hydrogens is 425 g/mol. The summed E-state index contributed by atoms with van der Waals surface area (Å²) < 4.78 is 49.5. The average molecular weight is 439 g/mol. The van der Waals surface area contributed by atoms with E-state index in [-0.39, 0.29) is 29.4 Å². The molecule has 0 amide bonds. The Bertz CT molecular complexity index is 1150. The van der Waals surface area contributed by atoms with E-state index in [4.69, 9.17) is 21.1 Å². The molecule has 1 atom stereocenters. The lowest BCUT2D eigenvalue weighted by Gasteiger charge is -2.17. The maximum Gasteiger partial charge on any atom is 0.417 e. The number of anilines is 1. The number of rotatable bonds is 4. The lowest BCUT2D eigenvalue weighted by atomic mass is 10.1. The summed E-state index contributed by atoms with van der Waals surface area (Å²) in [7, 11) is 0. The summed E-state index contributed by atoms with van der Waals surface area (Å²) in [6.07, 6.45) is -2.59. The summed E-state index contributed by atoms with van der Waals surface area (Å²) in [6.45, 7) is 2.02. The molecule has 3 heterocycles. The van der Waals surface area contributed by atoms with Crippen LogP contribution in [0, 0.1) is 0 Å². The van der Waals surface area contributed by atoms with Gasteiger partial charge in [-0.25, -0.2) is 4.98 Å². The van der Waals surface area contributed by atoms with Crippen LogP contribution in [0.2, 0.25) is 5.02 Å². The van der Waals surface area contributed by atoms with Crippen LogP contribution in [0.3, 0.4) is 0 Å². The van der Waals surface area contributed by atoms with E-state index >= 15 is 0 Å². The molecule has 4 rings (SSSR count). The molecule has 1 aliphatic heterocycles. The number of nitrogens with zero attached hydrogens (tertiary/aromatic N) is 3. The van der Waals surface area contributed by atoms with Gasteiger partial charge in [0.15, 0.2) is 17.3 Å². The van der Waals surface area contributed by atoms with Crippen LogP contribution < -0.4 is 20.3 Å². The molecule has 0 spiro atoms. The van der Waals surface area contributed by atoms with Crippen molar-refractivity contribution < 1.29 is 22.6 Å². The molecular formula is C19H14ClF3N4O3. The standard InChI is InChI=1S/C19H14ClF3N4O3/c1-10(11-2-4-14-15(6-11)30-9-29-14)26-13-8-25-27(18(28)17(13)20)16-5-3-12(7-24-16)19(21,22)23/h2-8,10,26H,9H2,1H3/t10-/m1/s1. The molecule has 3 aromatic rings. The van der Waals surface area contributed by atoms with Crippen molar-refractivity contribution >= 4 is 17.3 Å². The zero-order chi connectivity index (χ0) is 21.5. The third-order valence-corrected chi connectivity index (χ3v) is 4.85. The van der Waals surface area contributed by atoms with E-state index in [0.29, 0.717) is 17.7 Å². The van der Waals surface area contributed by atoms with Crippen molar-refractivity contribution in [3.8, 4) is 17.3 Å². The molecule has 1 aliphatic rings. The minimum atomic E-state index is -4.53. The van der Waals surface area contributed by atoms with E-state index in [1.807, 2.05) is 19.1 Å². The van der Waals surface area contributed by atoms with E-state index in [0.717, 1.165) is 22.4 Å². The number of fused-ring (bicyclic) bond motifs is 1. The minimum absolute atomic E-state index is 0.0785. The van der Waals surface area contributed by atoms with Crippen LogP contribution >= 0.6 is 11.6 Å². The van der Waals surface area contributed by atoms with Gasteiger partial charge >= 0.3 is 6.18 Å². The molecule has 1 aromatic carbocycles. The van der Waals surface area contributed by atoms with Crippen molar-refractivity contribution in [2.75, 3.05) is 12.1 Å². The van der Waals surface area contributed by atoms with Crippen LogP contribution in [-0.4, -0.2) is 21.6 Å². The monoisotopic (exact) mass is 438 g/mol. The average Bonchev–Trinajstić information content (AvgIpc) is 3.19. The van der Waals surface area contributed by atoms with Gasteiger partial charge in [-0.2, -0.15) is 23.0 Å². The van der Waals surface area contributed by atoms with Crippen molar-refractivity contribution in [2.24, 2.45) is 0 Å². The molecule has 156 valence electrons. The highest BCUT2D eigenvalue weighted by Gasteiger charge is 2.30. The van der Waals surface area contributed by atoms with Gasteiger partial charge in [0, 0.05) is 12.2 Å². The molecule has 0 bridgehead atoms. The molecule has 0 radical (unpaired) electrons. The largest absolute Gasteiger partial charge is 0.454 e. The van der Waals surface area contributed by atoms with Crippen LogP contribution in [0.4, 0.5) is 18.9 Å². The highest BCUT2D eigenvalue weighted by atomic mass is 35.5. The van der Waals surface area contributed by atoms with Crippen molar-refractivity contribution in [1.82, 2.24) is 14.8 Å². The van der Waals surface area contributed by atoms with E-state index in [9.17, 15) is 18.0 Å². The molecule has 11 heteroatoms. The summed E-state index contributed by atoms with van der Waals surface area (Å²) in [6, 6.07) is 7.06. The predicted molar refractivity (Wildman–Crippen MR) is 102 cm³/mol. The highest BCUT2D eigenvalue weighted by molar-refractivity contribution is 6.32. The van der Waals surface area contributed by atoms with Crippen LogP contribution in [0.5, 0.6) is 11.5 Å². The van der Waals surface area contributed by atoms with Crippen molar-refractivity contribution in [1.29, 1.82) is 0 Å². The Morgan fingerprint density at radius 2 is 1.93 bits per heavy atom. The fourth-order valence-corrected chi connectivity index (χ4v) is 3.06. The van der Waals surface area contributed by atoms with E-state index in [1.165, 1.54) is 6.20 Å². The number of hydrogen-bond acceptors (Lipinski definition) is 6. The summed E-state index contributed by atoms with van der Waals surface area (Å²) in [5, 5.41) is 6.90. The Morgan fingerprint density at radius 1 is 1.17 bits per heavy atom. The van der Waals surface area contributed by atoms with Crippen LogP contribution in [0.25, 0.3) is 5.82 Å². The molecule has 0 saturated carbocycles. The molecule has 0 fully saturated rings. The van der Waals surface area contributed by atoms with Crippen LogP contribution in [-0.2, 0) is 6.18 Å². The van der Waals surface area contributed by atoms with Crippen molar-refractivity contribution in [2.45, 2.75) is 19.1 Å². The van der Waals surface area contributed by atoms with E-state index in [1.54, 1.807) is 6.07 Å². The number of alkyl halides is 3. The third kappa shape index (κ3) is 3.78. The first-order valence-electron chi connectivity index (χ1n) is 8.71. The van der Waals surface area contributed by atoms with Gasteiger partial charge in [-0.05, 0) is 36.8 Å². The Kier molecular flexibility index (Phi) is 5.02. The number of nitrogens with one attached hydrogen (secondary N) is 1. The molecule has 7 nitrogen and oxygen atoms in total. The molecule has 1 N–H and O–H groups in total. The van der Waals surface area contributed by atoms with Crippen LogP contribution in [0.15, 0.2) is 47.5 Å². The maximum absolute atomic E-state index is 12.7. The van der Waals surface area contributed by atoms with E-state index < -0.39 is 17.3 Å². The predicted octanol–water partition coefficient (Wildman–Crippen LogP) is 4.20. The number of aromatic nitrogens is 3. The third-order valence-electron chi connectivity index (χ3n) is 4.48. The van der Waals surface area contributed by atoms with Gasteiger partial charge in [-0.1, -0.05) is 17.7 Å². The van der Waals surface area contributed by atoms with Crippen molar-refractivity contribution in [3.05, 3.63) is 69.2 Å². The van der Waals surface area contributed by atoms with Gasteiger partial charge in [0.05, 0.1) is 17.4 Å². The smallest absolute Gasteiger partial charge is 0.417 e. The molecule has 0 aliphatic carbocycles. The Hall–Kier alpha value is -3.27. The first-order chi connectivity index (χ1) is 14.2. The number of hydrogen-bond donors (Lipinski definition) is 1. The fourth-order valence-electron chi connectivity index (χ4n) is 2.87. The zero-order valence-electron chi connectivity index (χ0n) is 15.4. The second kappa shape index (κ2) is 7.52. The van der Waals surface area contributed by atoms with Crippen LogP contribution in [0.1, 0.15) is 24.1 Å². The van der Waals surface area contributed by atoms with Gasteiger partial charge in [0.1, 0.15) is 5.02 Å². The molecule has 2 aromatic heterocycles. The summed E-state index contributed by atoms with van der Waals surface area (Å²) in [4.78, 5) is 16.2. The van der Waals surface area contributed by atoms with Gasteiger partial charge in [0.25, 0.3) is 5.56 Å². The molecule has 0 unspecified atom stereocenters. The summed E-state index contributed by atoms with van der Waals surface area (Å²) in [5.74, 6) is 1.19. The highest BCUT2D eigenvalue weighted by Crippen LogP contribution is 2.35. The van der Waals surface area contributed by atoms with Gasteiger partial charge in [0.2, 0.25) is 6.79 Å². The second-order valence-electron chi connectivity index (χ2n) is 6.47. The maximum atomic E-state index is 12.7. The lowest BCUT2D eigenvalue weighted by molar-refractivity contribution is -0.137. The Balaban J connectivity index is 1.58. The van der Waals surface area contributed by atoms with Gasteiger partial charge < -0.3 is 14.8 Å². The molecule has 30 heavy (non-hydrogen) atoms. The topological polar surface area (TPSA) is 78.3 Å². The summed E-state index contributed by atoms with van der Waals surface area (Å²) >= 11 is 6.19. The van der Waals surface area contributed by atoms with Gasteiger partial charge in [-0.3, -0.25) is 4.79 Å². The Labute approximate surface area is 173 Å². The number of pyridine rings is 1. The quantitative estimate of drug-likeness (QED) is 0.657. The van der Waals surface area contributed by atoms with E-state index in [2.05, 4.69) is 15.4 Å². The first kappa shape index (κ1) is 20.0. The summed E-state index contributed by atoms with van der Waals surface area (Å²) in [5.41, 5.74) is -0.507. The lowest BCUT2D eigenvalue weighted by Crippen LogP contribution is -2.24. The van der Waals surface area contributed by atoms with Gasteiger partial charge in [-0.15, -0.1) is 0 Å². The SMILES string of the molecule is C[C@@H](Nc1cnn(-c2ccc(C(F)(F)F)cn2)c(=O)c1Cl)c1ccc2c(c1)OCO2. The Morgan fingerprint density at radius 3 is 2.63 bits per heavy atom. The fraction of sp³-hybridized carbons (Fsp3) is 0.211. The number of ether oxygens (including phenoxy) is 2. The molecule has 0 saturated heterocycles. The number of halogens is 4. The minimum Gasteiger partial charge on any atom is -0.454 e. The second-order valence-corrected chi connectivity index (χ2v) is 6.85.